The molecule has 1 fully saturated rings. The second-order valence-corrected chi connectivity index (χ2v) is 16.7. The molecule has 7 N–H and O–H groups in total. The molecule has 0 heterocycles. The average Bonchev–Trinajstić information content (AvgIpc) is 3.15. The molecular formula is C44H79O10P. The molecule has 6 atom stereocenters. The van der Waals surface area contributed by atoms with E-state index in [0.717, 1.165) is 51.4 Å². The predicted molar refractivity (Wildman–Crippen MR) is 222 cm³/mol. The Balaban J connectivity index is 2.65. The Morgan fingerprint density at radius 2 is 0.909 bits per heavy atom. The monoisotopic (exact) mass is 799 g/mol. The zero-order valence-electron chi connectivity index (χ0n) is 34.3. The summed E-state index contributed by atoms with van der Waals surface area (Å²) in [6, 6.07) is 0. The molecule has 1 saturated carbocycles. The standard InChI is InChI=1S/C44H79O10P/c1-3-5-7-9-11-13-15-17-19-20-21-23-25-27-29-31-33-35-37-43(50)41(48)39(46)40(47)42(49)44(43,54-55(51,52)53)38(45)36-34-32-30-28-26-24-22-18-16-14-12-10-8-6-4-2/h11,13,17,19,21,23,27,29,39-42,46-50H,3-10,12,14-16,18,20,22,24-26,28,30-37H2,1-2H3,(H2,51,52,53). The summed E-state index contributed by atoms with van der Waals surface area (Å²) in [4.78, 5) is 33.6. The maximum Gasteiger partial charge on any atom is 0.470 e. The summed E-state index contributed by atoms with van der Waals surface area (Å²) < 4.78 is 17.2. The molecule has 1 aliphatic carbocycles. The molecule has 11 heteroatoms. The van der Waals surface area contributed by atoms with Gasteiger partial charge in [-0.15, -0.1) is 0 Å². The van der Waals surface area contributed by atoms with E-state index in [9.17, 15) is 44.7 Å². The van der Waals surface area contributed by atoms with Crippen LogP contribution in [0.2, 0.25) is 0 Å². The second-order valence-electron chi connectivity index (χ2n) is 15.6. The Hall–Kier alpha value is -1.46. The summed E-state index contributed by atoms with van der Waals surface area (Å²) in [5.74, 6) is -1.04. The third-order valence-corrected chi connectivity index (χ3v) is 11.4. The number of allylic oxidation sites excluding steroid dienone is 8. The van der Waals surface area contributed by atoms with Crippen LogP contribution in [0.3, 0.4) is 0 Å². The SMILES string of the molecule is CCCCCC=CCC=CCC=CCC=CCCCCC1(O)C(O)C(O)C(O)C(O)C1(OP(=O)(O)O)C(=O)CCCCCCCCCCCCCCCCC. The van der Waals surface area contributed by atoms with E-state index in [1.54, 1.807) is 0 Å². The number of carbonyl (C=O) groups is 1. The third-order valence-electron chi connectivity index (χ3n) is 10.9. The van der Waals surface area contributed by atoms with E-state index in [0.29, 0.717) is 25.7 Å². The molecule has 55 heavy (non-hydrogen) atoms. The smallest absolute Gasteiger partial charge is 0.387 e. The summed E-state index contributed by atoms with van der Waals surface area (Å²) in [6.07, 6.45) is 32.4. The first-order chi connectivity index (χ1) is 26.4. The maximum absolute atomic E-state index is 13.8. The van der Waals surface area contributed by atoms with Gasteiger partial charge in [0.15, 0.2) is 11.4 Å². The molecule has 320 valence electrons. The second kappa shape index (κ2) is 30.6. The van der Waals surface area contributed by atoms with Gasteiger partial charge in [0.05, 0.1) is 0 Å². The van der Waals surface area contributed by atoms with E-state index >= 15 is 0 Å². The molecule has 0 bridgehead atoms. The summed E-state index contributed by atoms with van der Waals surface area (Å²) in [5, 5.41) is 55.2. The molecule has 1 aliphatic rings. The van der Waals surface area contributed by atoms with Crippen molar-refractivity contribution in [3.8, 4) is 0 Å². The van der Waals surface area contributed by atoms with E-state index < -0.39 is 55.6 Å². The number of aliphatic hydroxyl groups excluding tert-OH is 4. The van der Waals surface area contributed by atoms with Crippen LogP contribution in [0.25, 0.3) is 0 Å². The van der Waals surface area contributed by atoms with Crippen LogP contribution in [0.5, 0.6) is 0 Å². The first-order valence-electron chi connectivity index (χ1n) is 21.7. The van der Waals surface area contributed by atoms with Gasteiger partial charge in [0.2, 0.25) is 0 Å². The number of unbranched alkanes of at least 4 members (excludes halogenated alkanes) is 19. The number of phosphoric acid groups is 1. The first-order valence-corrected chi connectivity index (χ1v) is 23.3. The minimum absolute atomic E-state index is 0.166. The number of Topliss-reactive ketones (excluding diaryl/α,β-unsaturated/α-hetero) is 1. The molecule has 10 nitrogen and oxygen atoms in total. The lowest BCUT2D eigenvalue weighted by Crippen LogP contribution is -2.80. The van der Waals surface area contributed by atoms with Gasteiger partial charge in [-0.05, 0) is 57.8 Å². The molecule has 0 spiro atoms. The van der Waals surface area contributed by atoms with Gasteiger partial charge in [0, 0.05) is 6.42 Å². The average molecular weight is 799 g/mol. The van der Waals surface area contributed by atoms with Gasteiger partial charge in [-0.25, -0.2) is 4.57 Å². The quantitative estimate of drug-likeness (QED) is 0.0188. The van der Waals surface area contributed by atoms with Crippen molar-refractivity contribution in [3.63, 3.8) is 0 Å². The normalized spacial score (nSPS) is 25.0. The largest absolute Gasteiger partial charge is 0.470 e. The van der Waals surface area contributed by atoms with Crippen molar-refractivity contribution < 1.29 is 49.2 Å². The van der Waals surface area contributed by atoms with Crippen LogP contribution in [0.4, 0.5) is 0 Å². The Kier molecular flexibility index (Phi) is 28.7. The molecule has 6 unspecified atom stereocenters. The van der Waals surface area contributed by atoms with Gasteiger partial charge in [0.25, 0.3) is 0 Å². The zero-order chi connectivity index (χ0) is 40.8. The van der Waals surface area contributed by atoms with Crippen molar-refractivity contribution in [2.24, 2.45) is 0 Å². The van der Waals surface area contributed by atoms with E-state index in [4.69, 9.17) is 4.52 Å². The van der Waals surface area contributed by atoms with E-state index in [1.165, 1.54) is 77.0 Å². The van der Waals surface area contributed by atoms with Crippen LogP contribution in [0, 0.1) is 0 Å². The minimum atomic E-state index is -5.57. The lowest BCUT2D eigenvalue weighted by molar-refractivity contribution is -0.298. The molecule has 0 aliphatic heterocycles. The van der Waals surface area contributed by atoms with Gasteiger partial charge in [-0.3, -0.25) is 9.32 Å². The molecule has 0 saturated heterocycles. The number of carbonyl (C=O) groups excluding carboxylic acids is 1. The van der Waals surface area contributed by atoms with Crippen molar-refractivity contribution in [3.05, 3.63) is 48.6 Å². The van der Waals surface area contributed by atoms with E-state index in [2.05, 4.69) is 50.3 Å². The van der Waals surface area contributed by atoms with Crippen molar-refractivity contribution in [2.45, 2.75) is 223 Å². The van der Waals surface area contributed by atoms with E-state index in [-0.39, 0.29) is 12.8 Å². The fourth-order valence-corrected chi connectivity index (χ4v) is 8.29. The van der Waals surface area contributed by atoms with Crippen molar-refractivity contribution >= 4 is 13.6 Å². The van der Waals surface area contributed by atoms with Crippen LogP contribution in [0.15, 0.2) is 48.6 Å². The highest BCUT2D eigenvalue weighted by Crippen LogP contribution is 2.53. The van der Waals surface area contributed by atoms with Crippen molar-refractivity contribution in [1.82, 2.24) is 0 Å². The van der Waals surface area contributed by atoms with Crippen molar-refractivity contribution in [1.29, 1.82) is 0 Å². The molecule has 0 aromatic heterocycles. The predicted octanol–water partition coefficient (Wildman–Crippen LogP) is 9.39. The summed E-state index contributed by atoms with van der Waals surface area (Å²) in [6.45, 7) is 4.43. The number of hydrogen-bond acceptors (Lipinski definition) is 8. The number of ketones is 1. The zero-order valence-corrected chi connectivity index (χ0v) is 35.2. The lowest BCUT2D eigenvalue weighted by Gasteiger charge is -2.56. The van der Waals surface area contributed by atoms with E-state index in [1.807, 2.05) is 12.2 Å². The van der Waals surface area contributed by atoms with Crippen LogP contribution in [-0.2, 0) is 13.9 Å². The molecule has 0 radical (unpaired) electrons. The fourth-order valence-electron chi connectivity index (χ4n) is 7.54. The molecule has 0 amide bonds. The summed E-state index contributed by atoms with van der Waals surface area (Å²) in [5.41, 5.74) is -5.84. The Morgan fingerprint density at radius 1 is 0.545 bits per heavy atom. The number of aliphatic hydroxyl groups is 5. The van der Waals surface area contributed by atoms with Crippen LogP contribution < -0.4 is 0 Å². The van der Waals surface area contributed by atoms with Gasteiger partial charge in [0.1, 0.15) is 30.0 Å². The fraction of sp³-hybridized carbons (Fsp3) is 0.795. The Bertz CT molecular complexity index is 1150. The van der Waals surface area contributed by atoms with Gasteiger partial charge < -0.3 is 35.3 Å². The summed E-state index contributed by atoms with van der Waals surface area (Å²) in [7, 11) is -5.57. The minimum Gasteiger partial charge on any atom is -0.387 e. The molecular weight excluding hydrogens is 719 g/mol. The molecule has 1 rings (SSSR count). The maximum atomic E-state index is 13.8. The molecule has 0 aromatic carbocycles. The van der Waals surface area contributed by atoms with Crippen LogP contribution in [0.1, 0.15) is 187 Å². The highest BCUT2D eigenvalue weighted by atomic mass is 31.2. The highest BCUT2D eigenvalue weighted by Gasteiger charge is 2.72. The van der Waals surface area contributed by atoms with Gasteiger partial charge >= 0.3 is 7.82 Å². The lowest BCUT2D eigenvalue weighted by atomic mass is 9.61. The number of phosphoric ester groups is 1. The van der Waals surface area contributed by atoms with Gasteiger partial charge in [-0.1, -0.05) is 172 Å². The Morgan fingerprint density at radius 3 is 1.35 bits per heavy atom. The van der Waals surface area contributed by atoms with Crippen molar-refractivity contribution in [2.75, 3.05) is 0 Å². The number of hydrogen-bond donors (Lipinski definition) is 7. The van der Waals surface area contributed by atoms with Crippen LogP contribution >= 0.6 is 7.82 Å². The van der Waals surface area contributed by atoms with Gasteiger partial charge in [-0.2, -0.15) is 0 Å². The molecule has 0 aromatic rings. The first kappa shape index (κ1) is 51.6. The summed E-state index contributed by atoms with van der Waals surface area (Å²) >= 11 is 0. The highest BCUT2D eigenvalue weighted by molar-refractivity contribution is 7.46. The number of rotatable bonds is 34. The third kappa shape index (κ3) is 20.2. The topological polar surface area (TPSA) is 185 Å². The van der Waals surface area contributed by atoms with Crippen LogP contribution in [-0.4, -0.2) is 76.7 Å². The Labute approximate surface area is 333 Å².